The molecule has 0 N–H and O–H groups in total. The van der Waals surface area contributed by atoms with E-state index < -0.39 is 0 Å². The van der Waals surface area contributed by atoms with Gasteiger partial charge in [-0.2, -0.15) is 0 Å². The van der Waals surface area contributed by atoms with Crippen LogP contribution < -0.4 is 9.47 Å². The molecule has 142 valence electrons. The summed E-state index contributed by atoms with van der Waals surface area (Å²) in [6.07, 6.45) is 5.47. The Labute approximate surface area is 160 Å². The van der Waals surface area contributed by atoms with Crippen LogP contribution >= 0.6 is 0 Å². The number of aromatic nitrogens is 4. The summed E-state index contributed by atoms with van der Waals surface area (Å²) in [4.78, 5) is 20.0. The third kappa shape index (κ3) is 2.87. The third-order valence-electron chi connectivity index (χ3n) is 5.01. The maximum absolute atomic E-state index is 11.4. The number of pyridine rings is 1. The first-order chi connectivity index (χ1) is 13.7. The molecule has 1 atom stereocenters. The maximum Gasteiger partial charge on any atom is 0.231 e. The lowest BCUT2D eigenvalue weighted by Gasteiger charge is -2.10. The molecule has 0 bridgehead atoms. The molecule has 5 rings (SSSR count). The van der Waals surface area contributed by atoms with Crippen molar-refractivity contribution < 1.29 is 18.7 Å². The summed E-state index contributed by atoms with van der Waals surface area (Å²) in [5, 5.41) is 5.33. The van der Waals surface area contributed by atoms with Gasteiger partial charge in [-0.1, -0.05) is 0 Å². The fourth-order valence-electron chi connectivity index (χ4n) is 3.57. The molecule has 0 amide bonds. The van der Waals surface area contributed by atoms with E-state index in [1.807, 2.05) is 12.1 Å². The van der Waals surface area contributed by atoms with Crippen molar-refractivity contribution in [1.29, 1.82) is 0 Å². The van der Waals surface area contributed by atoms with Crippen molar-refractivity contribution in [2.75, 3.05) is 13.7 Å². The minimum Gasteiger partial charge on any atom is -0.480 e. The van der Waals surface area contributed by atoms with Crippen LogP contribution in [0.4, 0.5) is 0 Å². The molecule has 4 aromatic heterocycles. The predicted molar refractivity (Wildman–Crippen MR) is 100 cm³/mol. The largest absolute Gasteiger partial charge is 0.480 e. The van der Waals surface area contributed by atoms with Gasteiger partial charge >= 0.3 is 0 Å². The first-order valence-electron chi connectivity index (χ1n) is 9.13. The van der Waals surface area contributed by atoms with Gasteiger partial charge in [0.15, 0.2) is 11.4 Å². The number of ketones is 1. The summed E-state index contributed by atoms with van der Waals surface area (Å²) in [6, 6.07) is 7.28. The van der Waals surface area contributed by atoms with Crippen molar-refractivity contribution in [2.24, 2.45) is 5.92 Å². The standard InChI is InChI=1S/C20H18N4O4/c1-26-20-14-9-17(28-16(14)6-7-21-20)15-10-22-18-4-5-19(23-24(15)18)27-11-12-2-3-13(25)8-12/h4-7,9-10,12H,2-3,8,11H2,1H3/t12-/m0/s1. The molecule has 4 aromatic rings. The van der Waals surface area contributed by atoms with Gasteiger partial charge in [0.25, 0.3) is 0 Å². The van der Waals surface area contributed by atoms with Gasteiger partial charge in [0, 0.05) is 37.1 Å². The van der Waals surface area contributed by atoms with Gasteiger partial charge in [0.2, 0.25) is 11.8 Å². The van der Waals surface area contributed by atoms with Gasteiger partial charge in [-0.15, -0.1) is 5.10 Å². The van der Waals surface area contributed by atoms with Crippen molar-refractivity contribution in [2.45, 2.75) is 19.3 Å². The molecule has 0 aromatic carbocycles. The normalized spacial score (nSPS) is 16.9. The number of hydrogen-bond donors (Lipinski definition) is 0. The fourth-order valence-corrected chi connectivity index (χ4v) is 3.57. The summed E-state index contributed by atoms with van der Waals surface area (Å²) in [5.74, 6) is 2.18. The zero-order valence-electron chi connectivity index (χ0n) is 15.3. The number of carbonyl (C=O) groups excluding carboxylic acids is 1. The number of fused-ring (bicyclic) bond motifs is 2. The molecule has 0 aliphatic heterocycles. The van der Waals surface area contributed by atoms with Crippen molar-refractivity contribution in [1.82, 2.24) is 19.6 Å². The van der Waals surface area contributed by atoms with Crippen LogP contribution in [0, 0.1) is 5.92 Å². The highest BCUT2D eigenvalue weighted by molar-refractivity contribution is 5.86. The predicted octanol–water partition coefficient (Wildman–Crippen LogP) is 3.29. The third-order valence-corrected chi connectivity index (χ3v) is 5.01. The van der Waals surface area contributed by atoms with Crippen LogP contribution in [0.15, 0.2) is 41.1 Å². The molecular formula is C20H18N4O4. The average Bonchev–Trinajstić information content (AvgIpc) is 3.42. The van der Waals surface area contributed by atoms with Crippen LogP contribution in [0.2, 0.25) is 0 Å². The highest BCUT2D eigenvalue weighted by Crippen LogP contribution is 2.32. The second-order valence-corrected chi connectivity index (χ2v) is 6.89. The Morgan fingerprint density at radius 2 is 2.21 bits per heavy atom. The Morgan fingerprint density at radius 1 is 1.29 bits per heavy atom. The van der Waals surface area contributed by atoms with Crippen LogP contribution in [-0.2, 0) is 4.79 Å². The highest BCUT2D eigenvalue weighted by Gasteiger charge is 2.23. The van der Waals surface area contributed by atoms with E-state index in [9.17, 15) is 4.79 Å². The van der Waals surface area contributed by atoms with E-state index in [4.69, 9.17) is 13.9 Å². The smallest absolute Gasteiger partial charge is 0.231 e. The van der Waals surface area contributed by atoms with E-state index in [0.717, 1.165) is 11.8 Å². The number of Topliss-reactive ketones (excluding diaryl/α,β-unsaturated/α-hetero) is 1. The number of carbonyl (C=O) groups is 1. The molecular weight excluding hydrogens is 360 g/mol. The average molecular weight is 378 g/mol. The number of hydrogen-bond acceptors (Lipinski definition) is 7. The second kappa shape index (κ2) is 6.63. The SMILES string of the molecule is COc1nccc2oc(-c3cnc4ccc(OC[C@H]5CCC(=O)C5)nn34)cc12. The minimum absolute atomic E-state index is 0.266. The number of methoxy groups -OCH3 is 1. The van der Waals surface area contributed by atoms with Crippen LogP contribution in [-0.4, -0.2) is 39.1 Å². The Balaban J connectivity index is 1.47. The zero-order chi connectivity index (χ0) is 19.1. The Bertz CT molecular complexity index is 1180. The Morgan fingerprint density at radius 3 is 3.04 bits per heavy atom. The topological polar surface area (TPSA) is 91.8 Å². The monoisotopic (exact) mass is 378 g/mol. The Kier molecular flexibility index (Phi) is 3.96. The maximum atomic E-state index is 11.4. The summed E-state index contributed by atoms with van der Waals surface area (Å²) < 4.78 is 18.8. The number of ether oxygens (including phenoxy) is 2. The number of furan rings is 1. The molecule has 0 unspecified atom stereocenters. The van der Waals surface area contributed by atoms with Crippen LogP contribution in [0.5, 0.6) is 11.8 Å². The summed E-state index contributed by atoms with van der Waals surface area (Å²) in [6.45, 7) is 0.488. The lowest BCUT2D eigenvalue weighted by molar-refractivity contribution is -0.117. The van der Waals surface area contributed by atoms with Gasteiger partial charge in [-0.05, 0) is 18.6 Å². The van der Waals surface area contributed by atoms with Crippen LogP contribution in [0.1, 0.15) is 19.3 Å². The quantitative estimate of drug-likeness (QED) is 0.526. The molecule has 4 heterocycles. The van der Waals surface area contributed by atoms with E-state index in [1.54, 1.807) is 36.2 Å². The highest BCUT2D eigenvalue weighted by atomic mass is 16.5. The van der Waals surface area contributed by atoms with Gasteiger partial charge < -0.3 is 13.9 Å². The molecule has 8 heteroatoms. The van der Waals surface area contributed by atoms with Gasteiger partial charge in [0.1, 0.15) is 17.1 Å². The van der Waals surface area contributed by atoms with E-state index in [1.165, 1.54) is 0 Å². The Hall–Kier alpha value is -3.42. The van der Waals surface area contributed by atoms with Crippen molar-refractivity contribution in [3.05, 3.63) is 36.7 Å². The summed E-state index contributed by atoms with van der Waals surface area (Å²) >= 11 is 0. The zero-order valence-corrected chi connectivity index (χ0v) is 15.3. The number of rotatable bonds is 5. The summed E-state index contributed by atoms with van der Waals surface area (Å²) in [5.41, 5.74) is 2.06. The molecule has 1 aliphatic rings. The van der Waals surface area contributed by atoms with Gasteiger partial charge in [-0.3, -0.25) is 4.79 Å². The van der Waals surface area contributed by atoms with E-state index in [-0.39, 0.29) is 5.92 Å². The molecule has 0 saturated heterocycles. The van der Waals surface area contributed by atoms with Gasteiger partial charge in [-0.25, -0.2) is 14.5 Å². The molecule has 0 radical (unpaired) electrons. The minimum atomic E-state index is 0.266. The van der Waals surface area contributed by atoms with Crippen molar-refractivity contribution >= 4 is 22.4 Å². The molecule has 28 heavy (non-hydrogen) atoms. The molecule has 1 fully saturated rings. The van der Waals surface area contributed by atoms with E-state index in [0.29, 0.717) is 59.7 Å². The van der Waals surface area contributed by atoms with Crippen LogP contribution in [0.25, 0.3) is 28.1 Å². The van der Waals surface area contributed by atoms with Crippen molar-refractivity contribution in [3.8, 4) is 23.2 Å². The number of nitrogens with zero attached hydrogens (tertiary/aromatic N) is 4. The van der Waals surface area contributed by atoms with Crippen LogP contribution in [0.3, 0.4) is 0 Å². The van der Waals surface area contributed by atoms with Crippen molar-refractivity contribution in [3.63, 3.8) is 0 Å². The number of imidazole rings is 1. The van der Waals surface area contributed by atoms with E-state index in [2.05, 4.69) is 15.1 Å². The first-order valence-corrected chi connectivity index (χ1v) is 9.13. The molecule has 0 spiro atoms. The summed E-state index contributed by atoms with van der Waals surface area (Å²) in [7, 11) is 1.58. The van der Waals surface area contributed by atoms with E-state index >= 15 is 0 Å². The fraction of sp³-hybridized carbons (Fsp3) is 0.300. The van der Waals surface area contributed by atoms with Gasteiger partial charge in [0.05, 0.1) is 25.3 Å². The second-order valence-electron chi connectivity index (χ2n) is 6.89. The first kappa shape index (κ1) is 16.7. The lowest BCUT2D eigenvalue weighted by Crippen LogP contribution is -2.10. The molecule has 8 nitrogen and oxygen atoms in total. The lowest BCUT2D eigenvalue weighted by atomic mass is 10.1. The molecule has 1 saturated carbocycles. The molecule has 1 aliphatic carbocycles.